The Hall–Kier alpha value is -1.94. The smallest absolute Gasteiger partial charge is 0.237 e. The predicted molar refractivity (Wildman–Crippen MR) is 360 cm³/mol. The molecule has 0 saturated heterocycles. The second kappa shape index (κ2) is 68.2. The van der Waals surface area contributed by atoms with Gasteiger partial charge in [0.25, 0.3) is 0 Å². The third-order valence-corrected chi connectivity index (χ3v) is 16.2. The normalized spacial score (nSPS) is 12.7. The lowest BCUT2D eigenvalue weighted by Crippen LogP contribution is -2.45. The lowest BCUT2D eigenvalue weighted by molar-refractivity contribution is -0.124. The summed E-state index contributed by atoms with van der Waals surface area (Å²) in [6.07, 6.45) is 59.8. The number of rotatable bonds is 69. The summed E-state index contributed by atoms with van der Waals surface area (Å²) in [6.45, 7) is 22.1. The Morgan fingerprint density at radius 1 is 0.317 bits per heavy atom. The largest absolute Gasteiger partial charge is 0.355 e. The zero-order chi connectivity index (χ0) is 59.5. The SMILES string of the molecule is CCCCCCCC/C=C\CCCCCCCCN(CCCCN(CCCCCCCC/C=C\CCCCCCCC)CCCNC(=O)C(CCCNCCCN)NCCCN)CCCNC(=O)C(CCCNCCCN)NCCCC. The van der Waals surface area contributed by atoms with Crippen molar-refractivity contribution in [3.8, 4) is 0 Å². The van der Waals surface area contributed by atoms with Gasteiger partial charge in [0, 0.05) is 13.1 Å². The molecule has 0 aromatic heterocycles. The number of nitrogens with two attached hydrogens (primary N) is 3. The Labute approximate surface area is 509 Å². The summed E-state index contributed by atoms with van der Waals surface area (Å²) in [5.74, 6) is 0.270. The molecule has 0 radical (unpaired) electrons. The van der Waals surface area contributed by atoms with E-state index in [4.69, 9.17) is 17.2 Å². The Morgan fingerprint density at radius 3 is 0.951 bits per heavy atom. The Balaban J connectivity index is 5.46. The lowest BCUT2D eigenvalue weighted by Gasteiger charge is -2.25. The topological polar surface area (TPSA) is 191 Å². The standard InChI is InChI=1S/C69H143N11O2/c1-4-7-10-12-14-16-18-20-22-24-26-28-30-32-34-36-60-79(64-45-58-77-68(81)66(75-56-9-6-3)47-40-52-73-54-42-49-70)62-38-39-63-80(61-37-35-33-31-29-27-25-23-21-19-17-15-13-11-8-5-2)65-46-59-78-69(82)67(76-57-44-51-72)48-41-53-74-55-43-50-71/h20-23,66-67,73-76H,4-19,24-65,70-72H2,1-3H3,(H,77,81)(H,78,82)/b22-20-,23-21-. The van der Waals surface area contributed by atoms with E-state index in [0.717, 1.165) is 156 Å². The summed E-state index contributed by atoms with van der Waals surface area (Å²) in [5.41, 5.74) is 17.2. The molecular weight excluding hydrogens is 1010 g/mol. The summed E-state index contributed by atoms with van der Waals surface area (Å²) in [5, 5.41) is 20.6. The molecule has 0 spiro atoms. The maximum absolute atomic E-state index is 13.5. The van der Waals surface area contributed by atoms with E-state index in [1.807, 2.05) is 0 Å². The number of hydrogen-bond acceptors (Lipinski definition) is 11. The van der Waals surface area contributed by atoms with Crippen LogP contribution in [0.25, 0.3) is 0 Å². The van der Waals surface area contributed by atoms with Crippen molar-refractivity contribution in [2.45, 2.75) is 296 Å². The van der Waals surface area contributed by atoms with Crippen LogP contribution in [-0.2, 0) is 9.59 Å². The molecule has 0 aliphatic rings. The molecule has 0 aliphatic heterocycles. The van der Waals surface area contributed by atoms with Crippen LogP contribution >= 0.6 is 0 Å². The van der Waals surface area contributed by atoms with Gasteiger partial charge in [-0.3, -0.25) is 9.59 Å². The second-order valence-corrected chi connectivity index (χ2v) is 24.1. The maximum atomic E-state index is 13.5. The number of amides is 2. The third kappa shape index (κ3) is 58.4. The highest BCUT2D eigenvalue weighted by Crippen LogP contribution is 2.14. The van der Waals surface area contributed by atoms with E-state index in [1.165, 1.54) is 193 Å². The van der Waals surface area contributed by atoms with Crippen molar-refractivity contribution >= 4 is 11.8 Å². The summed E-state index contributed by atoms with van der Waals surface area (Å²) in [7, 11) is 0. The fourth-order valence-corrected chi connectivity index (χ4v) is 10.8. The van der Waals surface area contributed by atoms with E-state index >= 15 is 0 Å². The molecule has 13 heteroatoms. The second-order valence-electron chi connectivity index (χ2n) is 24.1. The first-order chi connectivity index (χ1) is 40.5. The van der Waals surface area contributed by atoms with Gasteiger partial charge in [-0.25, -0.2) is 0 Å². The molecule has 2 unspecified atom stereocenters. The van der Waals surface area contributed by atoms with Crippen LogP contribution in [0.2, 0.25) is 0 Å². The average molecular weight is 1160 g/mol. The minimum Gasteiger partial charge on any atom is -0.355 e. The van der Waals surface area contributed by atoms with Crippen molar-refractivity contribution in [3.05, 3.63) is 24.3 Å². The first-order valence-corrected chi connectivity index (χ1v) is 35.8. The number of allylic oxidation sites excluding steroid dienone is 4. The molecule has 0 aliphatic carbocycles. The van der Waals surface area contributed by atoms with Crippen LogP contribution in [0.4, 0.5) is 0 Å². The molecule has 0 saturated carbocycles. The van der Waals surface area contributed by atoms with E-state index in [1.54, 1.807) is 0 Å². The van der Waals surface area contributed by atoms with Gasteiger partial charge in [0.15, 0.2) is 0 Å². The van der Waals surface area contributed by atoms with Gasteiger partial charge in [-0.05, 0) is 239 Å². The first-order valence-electron chi connectivity index (χ1n) is 35.8. The first kappa shape index (κ1) is 80.1. The summed E-state index contributed by atoms with van der Waals surface area (Å²) in [6, 6.07) is -0.328. The van der Waals surface area contributed by atoms with E-state index in [-0.39, 0.29) is 23.9 Å². The molecule has 13 nitrogen and oxygen atoms in total. The van der Waals surface area contributed by atoms with Gasteiger partial charge in [-0.15, -0.1) is 0 Å². The van der Waals surface area contributed by atoms with Gasteiger partial charge in [-0.2, -0.15) is 0 Å². The van der Waals surface area contributed by atoms with Crippen molar-refractivity contribution < 1.29 is 9.59 Å². The van der Waals surface area contributed by atoms with Crippen molar-refractivity contribution in [2.24, 2.45) is 17.2 Å². The predicted octanol–water partition coefficient (Wildman–Crippen LogP) is 13.0. The molecule has 82 heavy (non-hydrogen) atoms. The molecule has 0 heterocycles. The number of nitrogens with zero attached hydrogens (tertiary/aromatic N) is 2. The lowest BCUT2D eigenvalue weighted by atomic mass is 10.1. The Kier molecular flexibility index (Phi) is 66.6. The van der Waals surface area contributed by atoms with Crippen LogP contribution in [0.3, 0.4) is 0 Å². The Bertz CT molecular complexity index is 1240. The van der Waals surface area contributed by atoms with Gasteiger partial charge < -0.3 is 58.9 Å². The van der Waals surface area contributed by atoms with Gasteiger partial charge in [0.2, 0.25) is 11.8 Å². The van der Waals surface area contributed by atoms with Crippen molar-refractivity contribution in [1.29, 1.82) is 0 Å². The van der Waals surface area contributed by atoms with E-state index in [9.17, 15) is 9.59 Å². The number of unbranched alkanes of at least 4 members (excludes halogenated alkanes) is 26. The number of hydrogen-bond donors (Lipinski definition) is 9. The molecule has 0 fully saturated rings. The zero-order valence-corrected chi connectivity index (χ0v) is 54.9. The van der Waals surface area contributed by atoms with Crippen LogP contribution in [0.15, 0.2) is 24.3 Å². The van der Waals surface area contributed by atoms with Crippen molar-refractivity contribution in [2.75, 3.05) is 111 Å². The molecular formula is C69H143N11O2. The van der Waals surface area contributed by atoms with Gasteiger partial charge in [-0.1, -0.05) is 167 Å². The Morgan fingerprint density at radius 2 is 0.598 bits per heavy atom. The van der Waals surface area contributed by atoms with Crippen molar-refractivity contribution in [3.63, 3.8) is 0 Å². The van der Waals surface area contributed by atoms with Crippen LogP contribution < -0.4 is 49.1 Å². The van der Waals surface area contributed by atoms with Crippen molar-refractivity contribution in [1.82, 2.24) is 41.7 Å². The summed E-state index contributed by atoms with van der Waals surface area (Å²) in [4.78, 5) is 32.4. The molecule has 0 bridgehead atoms. The van der Waals surface area contributed by atoms with Crippen LogP contribution in [0, 0.1) is 0 Å². The monoisotopic (exact) mass is 1160 g/mol. The summed E-state index contributed by atoms with van der Waals surface area (Å²) >= 11 is 0. The minimum atomic E-state index is -0.190. The number of carbonyl (C=O) groups excluding carboxylic acids is 2. The zero-order valence-electron chi connectivity index (χ0n) is 54.9. The number of nitrogens with one attached hydrogen (secondary N) is 6. The minimum absolute atomic E-state index is 0.117. The van der Waals surface area contributed by atoms with E-state index in [2.05, 4.69) is 86.8 Å². The molecule has 2 atom stereocenters. The molecule has 0 aromatic carbocycles. The maximum Gasteiger partial charge on any atom is 0.237 e. The molecule has 0 rings (SSSR count). The van der Waals surface area contributed by atoms with Gasteiger partial charge >= 0.3 is 0 Å². The highest BCUT2D eigenvalue weighted by Gasteiger charge is 2.19. The molecule has 486 valence electrons. The van der Waals surface area contributed by atoms with E-state index in [0.29, 0.717) is 26.2 Å². The highest BCUT2D eigenvalue weighted by atomic mass is 16.2. The van der Waals surface area contributed by atoms with Gasteiger partial charge in [0.05, 0.1) is 12.1 Å². The number of carbonyl (C=O) groups is 2. The van der Waals surface area contributed by atoms with E-state index < -0.39 is 0 Å². The molecule has 12 N–H and O–H groups in total. The van der Waals surface area contributed by atoms with Gasteiger partial charge in [0.1, 0.15) is 0 Å². The molecule has 2 amide bonds. The fraction of sp³-hybridized carbons (Fsp3) is 0.913. The fourth-order valence-electron chi connectivity index (χ4n) is 10.8. The van der Waals surface area contributed by atoms with Crippen LogP contribution in [-0.4, -0.2) is 145 Å². The van der Waals surface area contributed by atoms with Crippen LogP contribution in [0.5, 0.6) is 0 Å². The quantitative estimate of drug-likeness (QED) is 0.0208. The highest BCUT2D eigenvalue weighted by molar-refractivity contribution is 5.82. The molecule has 0 aromatic rings. The third-order valence-electron chi connectivity index (χ3n) is 16.2. The average Bonchev–Trinajstić information content (AvgIpc) is 3.48. The van der Waals surface area contributed by atoms with Crippen LogP contribution in [0.1, 0.15) is 284 Å². The summed E-state index contributed by atoms with van der Waals surface area (Å²) < 4.78 is 0.